The van der Waals surface area contributed by atoms with E-state index in [0.29, 0.717) is 31.5 Å². The Labute approximate surface area is 150 Å². The van der Waals surface area contributed by atoms with Crippen molar-refractivity contribution in [2.24, 2.45) is 7.05 Å². The van der Waals surface area contributed by atoms with Gasteiger partial charge in [-0.25, -0.2) is 0 Å². The lowest BCUT2D eigenvalue weighted by molar-refractivity contribution is 0.0335. The number of amides is 2. The van der Waals surface area contributed by atoms with Crippen LogP contribution in [0.1, 0.15) is 39.3 Å². The first-order valence-corrected chi connectivity index (χ1v) is 8.64. The molecule has 1 fully saturated rings. The second-order valence-electron chi connectivity index (χ2n) is 6.93. The van der Waals surface area contributed by atoms with E-state index in [1.807, 2.05) is 0 Å². The van der Waals surface area contributed by atoms with Crippen molar-refractivity contribution in [2.75, 3.05) is 20.1 Å². The van der Waals surface area contributed by atoms with Crippen LogP contribution in [0.4, 0.5) is 0 Å². The van der Waals surface area contributed by atoms with Gasteiger partial charge >= 0.3 is 0 Å². The predicted octanol–water partition coefficient (Wildman–Crippen LogP) is 0.997. The van der Waals surface area contributed by atoms with E-state index in [4.69, 9.17) is 0 Å². The first kappa shape index (κ1) is 16.5. The Balaban J connectivity index is 1.60. The minimum Gasteiger partial charge on any atom is -0.338 e. The molecular formula is C19H20N4O3. The molecule has 4 heterocycles. The number of aryl methyl sites for hydroxylation is 1. The lowest BCUT2D eigenvalue weighted by Gasteiger charge is -2.43. The molecule has 26 heavy (non-hydrogen) atoms. The molecule has 2 aliphatic heterocycles. The molecule has 0 unspecified atom stereocenters. The highest BCUT2D eigenvalue weighted by Gasteiger charge is 2.50. The summed E-state index contributed by atoms with van der Waals surface area (Å²) in [4.78, 5) is 45.5. The van der Waals surface area contributed by atoms with Crippen molar-refractivity contribution in [1.29, 1.82) is 0 Å². The Morgan fingerprint density at radius 3 is 2.58 bits per heavy atom. The van der Waals surface area contributed by atoms with Gasteiger partial charge in [0, 0.05) is 39.6 Å². The monoisotopic (exact) mass is 352 g/mol. The third-order valence-electron chi connectivity index (χ3n) is 5.66. The van der Waals surface area contributed by atoms with E-state index >= 15 is 0 Å². The van der Waals surface area contributed by atoms with Crippen molar-refractivity contribution in [3.8, 4) is 0 Å². The summed E-state index contributed by atoms with van der Waals surface area (Å²) in [6.07, 6.45) is 4.56. The Kier molecular flexibility index (Phi) is 3.68. The Hall–Kier alpha value is -2.96. The third-order valence-corrected chi connectivity index (χ3v) is 5.66. The maximum Gasteiger partial charge on any atom is 0.263 e. The normalized spacial score (nSPS) is 18.3. The summed E-state index contributed by atoms with van der Waals surface area (Å²) in [7, 11) is 3.43. The highest BCUT2D eigenvalue weighted by atomic mass is 16.2. The maximum absolute atomic E-state index is 12.8. The highest BCUT2D eigenvalue weighted by molar-refractivity contribution is 5.99. The summed E-state index contributed by atoms with van der Waals surface area (Å²) in [6.45, 7) is 0.953. The van der Waals surface area contributed by atoms with Gasteiger partial charge in [-0.05, 0) is 37.1 Å². The molecular weight excluding hydrogens is 332 g/mol. The standard InChI is InChI=1S/C19H20N4O3/c1-21-10-4-6-14(16(21)24)18(26)23-11-7-19(8-12-23)15-13(5-3-9-20-15)17(25)22(19)2/h3-6,9-10H,7-8,11-12H2,1-2H3. The number of aromatic nitrogens is 2. The average Bonchev–Trinajstić information content (AvgIpc) is 2.87. The van der Waals surface area contributed by atoms with Crippen LogP contribution in [0, 0.1) is 0 Å². The minimum absolute atomic E-state index is 0.0233. The summed E-state index contributed by atoms with van der Waals surface area (Å²) >= 11 is 0. The number of nitrogens with zero attached hydrogens (tertiary/aromatic N) is 4. The number of likely N-dealkylation sites (tertiary alicyclic amines) is 1. The van der Waals surface area contributed by atoms with Crippen molar-refractivity contribution in [3.05, 3.63) is 63.8 Å². The molecule has 134 valence electrons. The van der Waals surface area contributed by atoms with Crippen LogP contribution in [0.15, 0.2) is 41.5 Å². The molecule has 4 rings (SSSR count). The number of hydrogen-bond acceptors (Lipinski definition) is 4. The molecule has 2 aliphatic rings. The average molecular weight is 352 g/mol. The molecule has 7 heteroatoms. The van der Waals surface area contributed by atoms with Crippen LogP contribution in [0.2, 0.25) is 0 Å². The molecule has 0 bridgehead atoms. The second-order valence-corrected chi connectivity index (χ2v) is 6.93. The fourth-order valence-electron chi connectivity index (χ4n) is 4.07. The maximum atomic E-state index is 12.8. The number of carbonyl (C=O) groups excluding carboxylic acids is 2. The number of piperidine rings is 1. The van der Waals surface area contributed by atoms with E-state index in [1.165, 1.54) is 4.57 Å². The fraction of sp³-hybridized carbons (Fsp3) is 0.368. The van der Waals surface area contributed by atoms with E-state index in [1.54, 1.807) is 60.6 Å². The first-order chi connectivity index (χ1) is 12.5. The van der Waals surface area contributed by atoms with E-state index in [0.717, 1.165) is 5.69 Å². The Morgan fingerprint density at radius 2 is 1.85 bits per heavy atom. The number of hydrogen-bond donors (Lipinski definition) is 0. The van der Waals surface area contributed by atoms with Crippen LogP contribution in [-0.4, -0.2) is 51.3 Å². The molecule has 0 saturated carbocycles. The zero-order chi connectivity index (χ0) is 18.5. The lowest BCUT2D eigenvalue weighted by atomic mass is 9.84. The van der Waals surface area contributed by atoms with Crippen molar-refractivity contribution in [1.82, 2.24) is 19.4 Å². The van der Waals surface area contributed by atoms with Gasteiger partial charge in [0.15, 0.2) is 0 Å². The van der Waals surface area contributed by atoms with Gasteiger partial charge in [-0.3, -0.25) is 19.4 Å². The third kappa shape index (κ3) is 2.20. The molecule has 1 saturated heterocycles. The zero-order valence-electron chi connectivity index (χ0n) is 14.8. The van der Waals surface area contributed by atoms with Crippen LogP contribution in [-0.2, 0) is 12.6 Å². The molecule has 0 aromatic carbocycles. The summed E-state index contributed by atoms with van der Waals surface area (Å²) in [5, 5.41) is 0. The van der Waals surface area contributed by atoms with Gasteiger partial charge in [0.1, 0.15) is 5.56 Å². The molecule has 2 aromatic rings. The van der Waals surface area contributed by atoms with Crippen LogP contribution in [0.25, 0.3) is 0 Å². The molecule has 1 spiro atoms. The molecule has 0 N–H and O–H groups in total. The number of pyridine rings is 2. The van der Waals surface area contributed by atoms with E-state index in [-0.39, 0.29) is 22.9 Å². The van der Waals surface area contributed by atoms with Crippen LogP contribution in [0.3, 0.4) is 0 Å². The van der Waals surface area contributed by atoms with Gasteiger partial charge in [0.25, 0.3) is 17.4 Å². The lowest BCUT2D eigenvalue weighted by Crippen LogP contribution is -2.52. The van der Waals surface area contributed by atoms with E-state index in [9.17, 15) is 14.4 Å². The molecule has 0 atom stereocenters. The van der Waals surface area contributed by atoms with Crippen LogP contribution in [0.5, 0.6) is 0 Å². The predicted molar refractivity (Wildman–Crippen MR) is 94.8 cm³/mol. The van der Waals surface area contributed by atoms with Crippen LogP contribution >= 0.6 is 0 Å². The van der Waals surface area contributed by atoms with Gasteiger partial charge in [0.05, 0.1) is 16.8 Å². The summed E-state index contributed by atoms with van der Waals surface area (Å²) in [6, 6.07) is 6.84. The highest BCUT2D eigenvalue weighted by Crippen LogP contribution is 2.44. The minimum atomic E-state index is -0.466. The van der Waals surface area contributed by atoms with Crippen molar-refractivity contribution in [2.45, 2.75) is 18.4 Å². The Morgan fingerprint density at radius 1 is 1.12 bits per heavy atom. The number of fused-ring (bicyclic) bond motifs is 2. The SMILES string of the molecule is CN1C(=O)c2cccnc2C12CCN(C(=O)c1cccn(C)c1=O)CC2. The molecule has 0 aliphatic carbocycles. The second kappa shape index (κ2) is 5.79. The van der Waals surface area contributed by atoms with E-state index < -0.39 is 5.54 Å². The number of rotatable bonds is 1. The van der Waals surface area contributed by atoms with Crippen molar-refractivity contribution in [3.63, 3.8) is 0 Å². The smallest absolute Gasteiger partial charge is 0.263 e. The largest absolute Gasteiger partial charge is 0.338 e. The van der Waals surface area contributed by atoms with Gasteiger partial charge in [-0.15, -0.1) is 0 Å². The van der Waals surface area contributed by atoms with Gasteiger partial charge in [-0.2, -0.15) is 0 Å². The zero-order valence-corrected chi connectivity index (χ0v) is 14.8. The number of carbonyl (C=O) groups is 2. The van der Waals surface area contributed by atoms with E-state index in [2.05, 4.69) is 4.98 Å². The summed E-state index contributed by atoms with van der Waals surface area (Å²) < 4.78 is 1.41. The van der Waals surface area contributed by atoms with Crippen LogP contribution < -0.4 is 5.56 Å². The van der Waals surface area contributed by atoms with Gasteiger partial charge in [0.2, 0.25) is 0 Å². The summed E-state index contributed by atoms with van der Waals surface area (Å²) in [5.74, 6) is -0.279. The first-order valence-electron chi connectivity index (χ1n) is 8.64. The van der Waals surface area contributed by atoms with Crippen molar-refractivity contribution < 1.29 is 9.59 Å². The van der Waals surface area contributed by atoms with Gasteiger partial charge in [-0.1, -0.05) is 0 Å². The molecule has 2 amide bonds. The molecule has 2 aromatic heterocycles. The topological polar surface area (TPSA) is 75.5 Å². The summed E-state index contributed by atoms with van der Waals surface area (Å²) in [5.41, 5.74) is 0.867. The quantitative estimate of drug-likeness (QED) is 0.767. The van der Waals surface area contributed by atoms with Crippen molar-refractivity contribution >= 4 is 11.8 Å². The van der Waals surface area contributed by atoms with Gasteiger partial charge < -0.3 is 14.4 Å². The Bertz CT molecular complexity index is 957. The molecule has 7 nitrogen and oxygen atoms in total. The molecule has 0 radical (unpaired) electrons. The fourth-order valence-corrected chi connectivity index (χ4v) is 4.07.